The third-order valence-corrected chi connectivity index (χ3v) is 5.99. The zero-order chi connectivity index (χ0) is 25.8. The van der Waals surface area contributed by atoms with Crippen molar-refractivity contribution in [3.63, 3.8) is 0 Å². The highest BCUT2D eigenvalue weighted by Crippen LogP contribution is 2.31. The summed E-state index contributed by atoms with van der Waals surface area (Å²) in [5, 5.41) is 16.8. The molecule has 1 fully saturated rings. The summed E-state index contributed by atoms with van der Waals surface area (Å²) in [7, 11) is 0. The number of para-hydroxylation sites is 1. The van der Waals surface area contributed by atoms with Gasteiger partial charge in [-0.25, -0.2) is 23.2 Å². The van der Waals surface area contributed by atoms with Gasteiger partial charge in [-0.2, -0.15) is 4.68 Å². The minimum atomic E-state index is -1.24. The van der Waals surface area contributed by atoms with Gasteiger partial charge in [-0.15, -0.1) is 4.68 Å². The molecule has 10 nitrogen and oxygen atoms in total. The number of hydrogen-bond acceptors (Lipinski definition) is 6. The van der Waals surface area contributed by atoms with Crippen molar-refractivity contribution in [2.24, 2.45) is 0 Å². The SMILES string of the molecule is CCCOc1ccc(N(C(=O)n2nnn(-c3c(F)cccc3F)c2=O)C2CCCCC2)cc1C(=O)O. The molecule has 190 valence electrons. The average molecular weight is 501 g/mol. The van der Waals surface area contributed by atoms with Crippen LogP contribution in [0.2, 0.25) is 0 Å². The first-order valence-electron chi connectivity index (χ1n) is 11.7. The molecule has 1 N–H and O–H groups in total. The Labute approximate surface area is 204 Å². The second kappa shape index (κ2) is 10.7. The number of carboxylic acids is 1. The predicted octanol–water partition coefficient (Wildman–Crippen LogP) is 4.00. The quantitative estimate of drug-likeness (QED) is 0.486. The number of hydrogen-bond donors (Lipinski definition) is 1. The predicted molar refractivity (Wildman–Crippen MR) is 125 cm³/mol. The molecule has 36 heavy (non-hydrogen) atoms. The van der Waals surface area contributed by atoms with E-state index in [2.05, 4.69) is 10.4 Å². The van der Waals surface area contributed by atoms with E-state index in [4.69, 9.17) is 4.74 Å². The smallest absolute Gasteiger partial charge is 0.377 e. The molecule has 3 aromatic rings. The topological polar surface area (TPSA) is 120 Å². The van der Waals surface area contributed by atoms with Gasteiger partial charge >= 0.3 is 17.7 Å². The molecular weight excluding hydrogens is 476 g/mol. The van der Waals surface area contributed by atoms with Crippen LogP contribution in [-0.2, 0) is 0 Å². The van der Waals surface area contributed by atoms with Crippen LogP contribution in [-0.4, -0.2) is 49.5 Å². The molecule has 0 radical (unpaired) electrons. The summed E-state index contributed by atoms with van der Waals surface area (Å²) in [6, 6.07) is 6.10. The Morgan fingerprint density at radius 2 is 1.81 bits per heavy atom. The van der Waals surface area contributed by atoms with Crippen LogP contribution < -0.4 is 15.3 Å². The fourth-order valence-corrected chi connectivity index (χ4v) is 4.29. The maximum Gasteiger partial charge on any atom is 0.377 e. The van der Waals surface area contributed by atoms with Crippen LogP contribution in [0.15, 0.2) is 41.2 Å². The number of halogens is 2. The number of nitrogens with zero attached hydrogens (tertiary/aromatic N) is 5. The molecule has 1 aliphatic carbocycles. The molecule has 1 aromatic heterocycles. The van der Waals surface area contributed by atoms with Crippen molar-refractivity contribution < 1.29 is 28.2 Å². The molecule has 0 unspecified atom stereocenters. The van der Waals surface area contributed by atoms with E-state index < -0.39 is 35.0 Å². The number of amides is 1. The number of benzene rings is 2. The van der Waals surface area contributed by atoms with Crippen LogP contribution >= 0.6 is 0 Å². The van der Waals surface area contributed by atoms with E-state index in [9.17, 15) is 28.3 Å². The van der Waals surface area contributed by atoms with E-state index in [1.54, 1.807) is 0 Å². The van der Waals surface area contributed by atoms with Crippen molar-refractivity contribution in [3.05, 3.63) is 64.1 Å². The lowest BCUT2D eigenvalue weighted by Crippen LogP contribution is -2.47. The Morgan fingerprint density at radius 3 is 2.44 bits per heavy atom. The summed E-state index contributed by atoms with van der Waals surface area (Å²) < 4.78 is 34.8. The molecule has 0 aliphatic heterocycles. The highest BCUT2D eigenvalue weighted by molar-refractivity contribution is 5.97. The van der Waals surface area contributed by atoms with Crippen molar-refractivity contribution in [2.45, 2.75) is 51.5 Å². The van der Waals surface area contributed by atoms with Crippen LogP contribution in [0.4, 0.5) is 19.3 Å². The van der Waals surface area contributed by atoms with Gasteiger partial charge in [0, 0.05) is 11.7 Å². The maximum absolute atomic E-state index is 14.2. The molecule has 1 saturated carbocycles. The summed E-state index contributed by atoms with van der Waals surface area (Å²) >= 11 is 0. The van der Waals surface area contributed by atoms with E-state index in [1.807, 2.05) is 6.92 Å². The molecule has 0 bridgehead atoms. The first-order chi connectivity index (χ1) is 17.3. The van der Waals surface area contributed by atoms with E-state index in [0.29, 0.717) is 35.2 Å². The highest BCUT2D eigenvalue weighted by Gasteiger charge is 2.32. The monoisotopic (exact) mass is 501 g/mol. The van der Waals surface area contributed by atoms with Gasteiger partial charge in [0.05, 0.1) is 6.61 Å². The van der Waals surface area contributed by atoms with E-state index >= 15 is 0 Å². The number of anilines is 1. The van der Waals surface area contributed by atoms with Crippen LogP contribution in [0.3, 0.4) is 0 Å². The van der Waals surface area contributed by atoms with Gasteiger partial charge in [-0.3, -0.25) is 4.90 Å². The normalized spacial score (nSPS) is 14.0. The standard InChI is InChI=1S/C24H25F2N5O5/c1-2-13-36-20-12-11-16(14-17(20)22(32)33)29(15-7-4-3-5-8-15)23(34)31-24(35)30(27-28-31)21-18(25)9-6-10-19(21)26/h6,9-12,14-15H,2-5,7-8,13H2,1H3,(H,32,33). The van der Waals surface area contributed by atoms with Gasteiger partial charge in [0.2, 0.25) is 0 Å². The number of carboxylic acid groups (broad SMARTS) is 1. The summed E-state index contributed by atoms with van der Waals surface area (Å²) in [5.74, 6) is -3.18. The molecule has 0 atom stereocenters. The molecule has 1 amide bonds. The fourth-order valence-electron chi connectivity index (χ4n) is 4.29. The second-order valence-electron chi connectivity index (χ2n) is 8.43. The summed E-state index contributed by atoms with van der Waals surface area (Å²) in [6.45, 7) is 2.20. The summed E-state index contributed by atoms with van der Waals surface area (Å²) in [6.07, 6.45) is 4.56. The molecule has 1 heterocycles. The Morgan fingerprint density at radius 1 is 1.11 bits per heavy atom. The lowest BCUT2D eigenvalue weighted by molar-refractivity contribution is 0.0692. The Bertz CT molecular complexity index is 1310. The van der Waals surface area contributed by atoms with Crippen molar-refractivity contribution in [1.29, 1.82) is 0 Å². The number of carbonyl (C=O) groups excluding carboxylic acids is 1. The van der Waals surface area contributed by atoms with Crippen molar-refractivity contribution in [2.75, 3.05) is 11.5 Å². The number of aromatic carboxylic acids is 1. The van der Waals surface area contributed by atoms with E-state index in [0.717, 1.165) is 37.5 Å². The number of tetrazole rings is 1. The highest BCUT2D eigenvalue weighted by atomic mass is 19.1. The molecule has 1 aliphatic rings. The maximum atomic E-state index is 14.2. The van der Waals surface area contributed by atoms with Crippen LogP contribution in [0.5, 0.6) is 5.75 Å². The first kappa shape index (κ1) is 25.0. The van der Waals surface area contributed by atoms with Crippen LogP contribution in [0.1, 0.15) is 55.8 Å². The third-order valence-electron chi connectivity index (χ3n) is 5.99. The van der Waals surface area contributed by atoms with Gasteiger partial charge in [-0.1, -0.05) is 32.3 Å². The van der Waals surface area contributed by atoms with Crippen LogP contribution in [0, 0.1) is 11.6 Å². The lowest BCUT2D eigenvalue weighted by Gasteiger charge is -2.34. The van der Waals surface area contributed by atoms with Gasteiger partial charge in [0.25, 0.3) is 0 Å². The summed E-state index contributed by atoms with van der Waals surface area (Å²) in [4.78, 5) is 39.8. The third kappa shape index (κ3) is 4.83. The number of carbonyl (C=O) groups is 2. The largest absolute Gasteiger partial charge is 0.493 e. The Hall–Kier alpha value is -4.09. The Balaban J connectivity index is 1.78. The van der Waals surface area contributed by atoms with E-state index in [-0.39, 0.29) is 23.0 Å². The molecule has 0 saturated heterocycles. The van der Waals surface area contributed by atoms with E-state index in [1.165, 1.54) is 23.1 Å². The second-order valence-corrected chi connectivity index (χ2v) is 8.43. The van der Waals surface area contributed by atoms with Gasteiger partial charge in [-0.05, 0) is 60.0 Å². The molecule has 12 heteroatoms. The fraction of sp³-hybridized carbons (Fsp3) is 0.375. The number of ether oxygens (including phenoxy) is 1. The molecule has 0 spiro atoms. The molecule has 4 rings (SSSR count). The van der Waals surface area contributed by atoms with Crippen molar-refractivity contribution in [3.8, 4) is 11.4 Å². The van der Waals surface area contributed by atoms with Gasteiger partial charge in [0.15, 0.2) is 11.6 Å². The van der Waals surface area contributed by atoms with Crippen molar-refractivity contribution >= 4 is 17.7 Å². The van der Waals surface area contributed by atoms with Crippen LogP contribution in [0.25, 0.3) is 5.69 Å². The molecular formula is C24H25F2N5O5. The zero-order valence-electron chi connectivity index (χ0n) is 19.6. The van der Waals surface area contributed by atoms with Gasteiger partial charge < -0.3 is 9.84 Å². The van der Waals surface area contributed by atoms with Gasteiger partial charge in [0.1, 0.15) is 17.0 Å². The summed E-state index contributed by atoms with van der Waals surface area (Å²) in [5.41, 5.74) is -1.83. The lowest BCUT2D eigenvalue weighted by atomic mass is 9.94. The Kier molecular flexibility index (Phi) is 7.41. The minimum Gasteiger partial charge on any atom is -0.493 e. The zero-order valence-corrected chi connectivity index (χ0v) is 19.6. The number of aromatic nitrogens is 4. The first-order valence-corrected chi connectivity index (χ1v) is 11.7. The number of rotatable bonds is 7. The average Bonchev–Trinajstić information content (AvgIpc) is 3.24. The molecule has 2 aromatic carbocycles. The minimum absolute atomic E-state index is 0.140. The van der Waals surface area contributed by atoms with Crippen molar-refractivity contribution in [1.82, 2.24) is 19.8 Å².